The minimum absolute atomic E-state index is 0.217. The fourth-order valence-electron chi connectivity index (χ4n) is 2.14. The quantitative estimate of drug-likeness (QED) is 0.737. The van der Waals surface area contributed by atoms with E-state index < -0.39 is 0 Å². The molecule has 0 radical (unpaired) electrons. The number of ether oxygens (including phenoxy) is 3. The highest BCUT2D eigenvalue weighted by molar-refractivity contribution is 5.73. The SMILES string of the molecule is COc1ccc(CC(=O)OCCc2ccccc2)cc1OC. The molecule has 2 aromatic rings. The van der Waals surface area contributed by atoms with Crippen molar-refractivity contribution in [3.05, 3.63) is 59.7 Å². The van der Waals surface area contributed by atoms with Gasteiger partial charge in [-0.1, -0.05) is 36.4 Å². The molecule has 2 aromatic carbocycles. The van der Waals surface area contributed by atoms with E-state index in [9.17, 15) is 4.79 Å². The molecular weight excluding hydrogens is 280 g/mol. The smallest absolute Gasteiger partial charge is 0.310 e. The lowest BCUT2D eigenvalue weighted by Crippen LogP contribution is -2.10. The highest BCUT2D eigenvalue weighted by Gasteiger charge is 2.09. The minimum atomic E-state index is -0.247. The lowest BCUT2D eigenvalue weighted by molar-refractivity contribution is -0.142. The zero-order valence-corrected chi connectivity index (χ0v) is 12.9. The van der Waals surface area contributed by atoms with Crippen molar-refractivity contribution in [3.63, 3.8) is 0 Å². The monoisotopic (exact) mass is 300 g/mol. The third-order valence-corrected chi connectivity index (χ3v) is 3.29. The molecule has 0 saturated carbocycles. The van der Waals surface area contributed by atoms with E-state index >= 15 is 0 Å². The standard InChI is InChI=1S/C18H20O4/c1-20-16-9-8-15(12-17(16)21-2)13-18(19)22-11-10-14-6-4-3-5-7-14/h3-9,12H,10-11,13H2,1-2H3. The molecule has 0 amide bonds. The van der Waals surface area contributed by atoms with Crippen LogP contribution in [0.25, 0.3) is 0 Å². The van der Waals surface area contributed by atoms with E-state index in [1.165, 1.54) is 0 Å². The molecule has 0 aromatic heterocycles. The first-order valence-electron chi connectivity index (χ1n) is 7.13. The van der Waals surface area contributed by atoms with Gasteiger partial charge in [-0.3, -0.25) is 4.79 Å². The summed E-state index contributed by atoms with van der Waals surface area (Å²) in [5, 5.41) is 0. The Morgan fingerprint density at radius 3 is 2.32 bits per heavy atom. The van der Waals surface area contributed by atoms with E-state index in [0.717, 1.165) is 17.5 Å². The molecule has 0 fully saturated rings. The number of carbonyl (C=O) groups is 1. The molecule has 22 heavy (non-hydrogen) atoms. The second-order valence-corrected chi connectivity index (χ2v) is 4.82. The zero-order chi connectivity index (χ0) is 15.8. The Labute approximate surface area is 130 Å². The summed E-state index contributed by atoms with van der Waals surface area (Å²) in [5.41, 5.74) is 1.99. The summed E-state index contributed by atoms with van der Waals surface area (Å²) >= 11 is 0. The predicted molar refractivity (Wildman–Crippen MR) is 84.4 cm³/mol. The fraction of sp³-hybridized carbons (Fsp3) is 0.278. The van der Waals surface area contributed by atoms with E-state index in [-0.39, 0.29) is 12.4 Å². The molecular formula is C18H20O4. The van der Waals surface area contributed by atoms with Gasteiger partial charge in [0, 0.05) is 6.42 Å². The van der Waals surface area contributed by atoms with Crippen LogP contribution in [-0.4, -0.2) is 26.8 Å². The third-order valence-electron chi connectivity index (χ3n) is 3.29. The molecule has 0 aliphatic heterocycles. The van der Waals surface area contributed by atoms with Gasteiger partial charge < -0.3 is 14.2 Å². The number of methoxy groups -OCH3 is 2. The largest absolute Gasteiger partial charge is 0.493 e. The van der Waals surface area contributed by atoms with Crippen molar-refractivity contribution in [1.82, 2.24) is 0 Å². The van der Waals surface area contributed by atoms with Crippen LogP contribution in [0.5, 0.6) is 11.5 Å². The molecule has 4 nitrogen and oxygen atoms in total. The van der Waals surface area contributed by atoms with Crippen LogP contribution in [0.2, 0.25) is 0 Å². The minimum Gasteiger partial charge on any atom is -0.493 e. The van der Waals surface area contributed by atoms with Gasteiger partial charge in [0.25, 0.3) is 0 Å². The molecule has 116 valence electrons. The van der Waals surface area contributed by atoms with Gasteiger partial charge in [0.1, 0.15) is 0 Å². The average molecular weight is 300 g/mol. The Balaban J connectivity index is 1.84. The Morgan fingerprint density at radius 2 is 1.64 bits per heavy atom. The second kappa shape index (κ2) is 8.08. The van der Waals surface area contributed by atoms with Crippen LogP contribution >= 0.6 is 0 Å². The molecule has 2 rings (SSSR count). The summed E-state index contributed by atoms with van der Waals surface area (Å²) in [5.74, 6) is 1.00. The number of hydrogen-bond acceptors (Lipinski definition) is 4. The zero-order valence-electron chi connectivity index (χ0n) is 12.9. The highest BCUT2D eigenvalue weighted by Crippen LogP contribution is 2.27. The van der Waals surface area contributed by atoms with Gasteiger partial charge in [0.05, 0.1) is 27.2 Å². The predicted octanol–water partition coefficient (Wildman–Crippen LogP) is 3.03. The molecule has 0 N–H and O–H groups in total. The van der Waals surface area contributed by atoms with Gasteiger partial charge in [-0.25, -0.2) is 0 Å². The van der Waals surface area contributed by atoms with Crippen LogP contribution < -0.4 is 9.47 Å². The number of rotatable bonds is 7. The fourth-order valence-corrected chi connectivity index (χ4v) is 2.14. The third kappa shape index (κ3) is 4.52. The van der Waals surface area contributed by atoms with Crippen molar-refractivity contribution in [3.8, 4) is 11.5 Å². The van der Waals surface area contributed by atoms with Crippen LogP contribution in [0.15, 0.2) is 48.5 Å². The number of esters is 1. The summed E-state index contributed by atoms with van der Waals surface area (Å²) in [6, 6.07) is 15.3. The molecule has 0 bridgehead atoms. The average Bonchev–Trinajstić information content (AvgIpc) is 2.55. The molecule has 0 heterocycles. The maximum absolute atomic E-state index is 11.9. The van der Waals surface area contributed by atoms with Crippen LogP contribution in [-0.2, 0) is 22.4 Å². The normalized spacial score (nSPS) is 10.1. The van der Waals surface area contributed by atoms with Gasteiger partial charge in [0.2, 0.25) is 0 Å². The number of benzene rings is 2. The van der Waals surface area contributed by atoms with E-state index in [2.05, 4.69) is 0 Å². The highest BCUT2D eigenvalue weighted by atomic mass is 16.5. The molecule has 0 unspecified atom stereocenters. The first-order chi connectivity index (χ1) is 10.7. The first kappa shape index (κ1) is 15.9. The van der Waals surface area contributed by atoms with Crippen molar-refractivity contribution in [2.24, 2.45) is 0 Å². The van der Waals surface area contributed by atoms with E-state index in [4.69, 9.17) is 14.2 Å². The van der Waals surface area contributed by atoms with Crippen LogP contribution in [0.1, 0.15) is 11.1 Å². The van der Waals surface area contributed by atoms with Crippen LogP contribution in [0, 0.1) is 0 Å². The lowest BCUT2D eigenvalue weighted by Gasteiger charge is -2.09. The summed E-state index contributed by atoms with van der Waals surface area (Å²) in [7, 11) is 3.15. The summed E-state index contributed by atoms with van der Waals surface area (Å²) in [6.07, 6.45) is 0.938. The molecule has 4 heteroatoms. The van der Waals surface area contributed by atoms with Gasteiger partial charge in [-0.2, -0.15) is 0 Å². The van der Waals surface area contributed by atoms with Crippen molar-refractivity contribution in [2.45, 2.75) is 12.8 Å². The summed E-state index contributed by atoms with van der Waals surface area (Å²) < 4.78 is 15.7. The summed E-state index contributed by atoms with van der Waals surface area (Å²) in [4.78, 5) is 11.9. The first-order valence-corrected chi connectivity index (χ1v) is 7.13. The van der Waals surface area contributed by atoms with E-state index in [0.29, 0.717) is 18.1 Å². The molecule has 0 atom stereocenters. The number of carbonyl (C=O) groups excluding carboxylic acids is 1. The van der Waals surface area contributed by atoms with Crippen molar-refractivity contribution < 1.29 is 19.0 Å². The van der Waals surface area contributed by atoms with Crippen LogP contribution in [0.4, 0.5) is 0 Å². The van der Waals surface area contributed by atoms with Gasteiger partial charge in [-0.05, 0) is 23.3 Å². The Bertz CT molecular complexity index is 608. The van der Waals surface area contributed by atoms with Crippen LogP contribution in [0.3, 0.4) is 0 Å². The second-order valence-electron chi connectivity index (χ2n) is 4.82. The van der Waals surface area contributed by atoms with Gasteiger partial charge in [0.15, 0.2) is 11.5 Å². The molecule has 0 aliphatic carbocycles. The van der Waals surface area contributed by atoms with E-state index in [1.54, 1.807) is 26.4 Å². The summed E-state index contributed by atoms with van der Waals surface area (Å²) in [6.45, 7) is 0.385. The molecule has 0 spiro atoms. The van der Waals surface area contributed by atoms with Gasteiger partial charge >= 0.3 is 5.97 Å². The molecule has 0 saturated heterocycles. The Hall–Kier alpha value is -2.49. The topological polar surface area (TPSA) is 44.8 Å². The van der Waals surface area contributed by atoms with E-state index in [1.807, 2.05) is 36.4 Å². The Kier molecular flexibility index (Phi) is 5.83. The van der Waals surface area contributed by atoms with Gasteiger partial charge in [-0.15, -0.1) is 0 Å². The lowest BCUT2D eigenvalue weighted by atomic mass is 10.1. The molecule has 0 aliphatic rings. The maximum Gasteiger partial charge on any atom is 0.310 e. The maximum atomic E-state index is 11.9. The van der Waals surface area contributed by atoms with Crippen molar-refractivity contribution >= 4 is 5.97 Å². The Morgan fingerprint density at radius 1 is 0.909 bits per heavy atom. The van der Waals surface area contributed by atoms with Crippen molar-refractivity contribution in [1.29, 1.82) is 0 Å². The number of hydrogen-bond donors (Lipinski definition) is 0. The van der Waals surface area contributed by atoms with Crippen molar-refractivity contribution in [2.75, 3.05) is 20.8 Å².